The molecule has 0 aromatic carbocycles. The zero-order valence-corrected chi connectivity index (χ0v) is 40.0. The normalized spacial score (nSPS) is 20.1. The minimum atomic E-state index is -4.61. The van der Waals surface area contributed by atoms with Crippen LogP contribution in [0.5, 0.6) is 0 Å². The fraction of sp³-hybridized carbons (Fsp3) is 0.800. The van der Waals surface area contributed by atoms with Crippen molar-refractivity contribution in [1.82, 2.24) is 0 Å². The van der Waals surface area contributed by atoms with Crippen LogP contribution < -0.4 is 0 Å². The summed E-state index contributed by atoms with van der Waals surface area (Å²) in [6.45, 7) is 3.62. The Morgan fingerprint density at radius 1 is 0.556 bits per heavy atom. The van der Waals surface area contributed by atoms with Crippen LogP contribution in [0.15, 0.2) is 48.6 Å². The van der Waals surface area contributed by atoms with E-state index >= 15 is 0 Å². The van der Waals surface area contributed by atoms with Crippen LogP contribution in [0, 0.1) is 0 Å². The Labute approximate surface area is 382 Å². The molecule has 3 unspecified atom stereocenters. The summed E-state index contributed by atoms with van der Waals surface area (Å²) in [7, 11) is -4.61. The number of aliphatic hydroxyl groups is 3. The van der Waals surface area contributed by atoms with Crippen molar-refractivity contribution in [1.29, 1.82) is 0 Å². The SMILES string of the molecule is CC/C=C/C=C/C=C/CCCCCCCC(=O)OC(COC(=O)CCCCCCCCC/C=C/CCCCCCCCCCCCC)CO[C@H]1O[C@H](CS(=O)(=O)O)[C@@H](O)C(O)C1O. The minimum absolute atomic E-state index is 0.139. The van der Waals surface area contributed by atoms with E-state index in [0.29, 0.717) is 12.8 Å². The first-order valence-corrected chi connectivity index (χ1v) is 26.3. The average Bonchev–Trinajstić information content (AvgIpc) is 3.25. The van der Waals surface area contributed by atoms with Crippen LogP contribution in [0.25, 0.3) is 0 Å². The number of carbonyl (C=O) groups excluding carboxylic acids is 2. The lowest BCUT2D eigenvalue weighted by Gasteiger charge is -2.40. The van der Waals surface area contributed by atoms with Gasteiger partial charge < -0.3 is 34.3 Å². The Balaban J connectivity index is 2.36. The molecule has 0 radical (unpaired) electrons. The van der Waals surface area contributed by atoms with Crippen molar-refractivity contribution in [2.75, 3.05) is 19.0 Å². The van der Waals surface area contributed by atoms with Gasteiger partial charge in [0, 0.05) is 12.8 Å². The van der Waals surface area contributed by atoms with Crippen molar-refractivity contribution in [2.24, 2.45) is 0 Å². The Kier molecular flexibility index (Phi) is 37.2. The second kappa shape index (κ2) is 39.9. The topological polar surface area (TPSA) is 186 Å². The first kappa shape index (κ1) is 58.6. The van der Waals surface area contributed by atoms with Crippen LogP contribution in [0.4, 0.5) is 0 Å². The summed E-state index contributed by atoms with van der Waals surface area (Å²) in [4.78, 5) is 25.4. The van der Waals surface area contributed by atoms with Gasteiger partial charge in [-0.3, -0.25) is 14.1 Å². The predicted octanol–water partition coefficient (Wildman–Crippen LogP) is 10.7. The van der Waals surface area contributed by atoms with Crippen LogP contribution in [0.3, 0.4) is 0 Å². The number of carbonyl (C=O) groups is 2. The van der Waals surface area contributed by atoms with Gasteiger partial charge in [0.05, 0.1) is 6.61 Å². The molecule has 1 aliphatic heterocycles. The molecule has 1 rings (SSSR count). The van der Waals surface area contributed by atoms with E-state index in [0.717, 1.165) is 64.2 Å². The highest BCUT2D eigenvalue weighted by Gasteiger charge is 2.46. The van der Waals surface area contributed by atoms with Gasteiger partial charge >= 0.3 is 11.9 Å². The van der Waals surface area contributed by atoms with Gasteiger partial charge in [-0.2, -0.15) is 8.42 Å². The molecule has 0 saturated carbocycles. The number of allylic oxidation sites excluding steroid dienone is 8. The third-order valence-electron chi connectivity index (χ3n) is 11.2. The zero-order chi connectivity index (χ0) is 46.2. The van der Waals surface area contributed by atoms with E-state index in [4.69, 9.17) is 18.9 Å². The number of unbranched alkanes of at least 4 members (excludes halogenated alkanes) is 23. The van der Waals surface area contributed by atoms with E-state index in [1.807, 2.05) is 24.3 Å². The molecule has 4 N–H and O–H groups in total. The van der Waals surface area contributed by atoms with Crippen molar-refractivity contribution in [3.63, 3.8) is 0 Å². The first-order valence-electron chi connectivity index (χ1n) is 24.7. The average molecular weight is 913 g/mol. The quantitative estimate of drug-likeness (QED) is 0.0150. The van der Waals surface area contributed by atoms with Gasteiger partial charge in [-0.25, -0.2) is 0 Å². The highest BCUT2D eigenvalue weighted by molar-refractivity contribution is 7.85. The summed E-state index contributed by atoms with van der Waals surface area (Å²) in [6, 6.07) is 0. The Hall–Kier alpha value is -2.39. The molecule has 1 saturated heterocycles. The summed E-state index contributed by atoms with van der Waals surface area (Å²) in [5.41, 5.74) is 0. The van der Waals surface area contributed by atoms with E-state index in [9.17, 15) is 37.9 Å². The highest BCUT2D eigenvalue weighted by Crippen LogP contribution is 2.24. The highest BCUT2D eigenvalue weighted by atomic mass is 32.2. The number of aliphatic hydroxyl groups excluding tert-OH is 3. The van der Waals surface area contributed by atoms with Gasteiger partial charge in [-0.1, -0.05) is 178 Å². The summed E-state index contributed by atoms with van der Waals surface area (Å²) in [6.07, 6.45) is 38.8. The Bertz CT molecular complexity index is 1350. The smallest absolute Gasteiger partial charge is 0.306 e. The van der Waals surface area contributed by atoms with Crippen LogP contribution >= 0.6 is 0 Å². The van der Waals surface area contributed by atoms with Gasteiger partial charge in [0.2, 0.25) is 0 Å². The summed E-state index contributed by atoms with van der Waals surface area (Å²) in [5, 5.41) is 30.9. The van der Waals surface area contributed by atoms with Crippen molar-refractivity contribution in [2.45, 2.75) is 237 Å². The Morgan fingerprint density at radius 3 is 1.52 bits per heavy atom. The van der Waals surface area contributed by atoms with Crippen LogP contribution in [0.1, 0.15) is 200 Å². The number of esters is 2. The molecule has 366 valence electrons. The molecule has 0 amide bonds. The third kappa shape index (κ3) is 34.6. The number of ether oxygens (including phenoxy) is 4. The van der Waals surface area contributed by atoms with Crippen LogP contribution in [-0.4, -0.2) is 96.0 Å². The van der Waals surface area contributed by atoms with Crippen LogP contribution in [0.2, 0.25) is 0 Å². The zero-order valence-electron chi connectivity index (χ0n) is 39.2. The number of hydrogen-bond acceptors (Lipinski definition) is 11. The first-order chi connectivity index (χ1) is 30.5. The molecule has 0 bridgehead atoms. The molecule has 0 aromatic rings. The fourth-order valence-electron chi connectivity index (χ4n) is 7.38. The van der Waals surface area contributed by atoms with Gasteiger partial charge in [0.15, 0.2) is 12.4 Å². The minimum Gasteiger partial charge on any atom is -0.462 e. The largest absolute Gasteiger partial charge is 0.462 e. The maximum absolute atomic E-state index is 12.8. The van der Waals surface area contributed by atoms with Gasteiger partial charge in [0.25, 0.3) is 10.1 Å². The second-order valence-electron chi connectivity index (χ2n) is 17.2. The lowest BCUT2D eigenvalue weighted by Crippen LogP contribution is -2.60. The second-order valence-corrected chi connectivity index (χ2v) is 18.7. The van der Waals surface area contributed by atoms with E-state index in [1.165, 1.54) is 96.3 Å². The van der Waals surface area contributed by atoms with E-state index in [-0.39, 0.29) is 19.4 Å². The molecule has 0 aromatic heterocycles. The van der Waals surface area contributed by atoms with Crippen molar-refractivity contribution >= 4 is 22.1 Å². The molecule has 0 spiro atoms. The fourth-order valence-corrected chi connectivity index (χ4v) is 8.07. The molecule has 1 aliphatic rings. The molecule has 6 atom stereocenters. The molecule has 12 nitrogen and oxygen atoms in total. The molecular formula is C50H88O12S. The van der Waals surface area contributed by atoms with Gasteiger partial charge in [0.1, 0.15) is 36.8 Å². The third-order valence-corrected chi connectivity index (χ3v) is 12.0. The molecule has 0 aliphatic carbocycles. The number of hydrogen-bond donors (Lipinski definition) is 4. The molecule has 1 fully saturated rings. The van der Waals surface area contributed by atoms with E-state index in [1.54, 1.807) is 0 Å². The standard InChI is InChI=1S/C50H88O12S/c1-3-5-7-9-11-13-15-17-18-19-20-21-22-23-24-25-27-28-30-32-34-36-38-45(51)59-40-43(41-60-50-49(55)48(54)47(53)44(62-50)42-63(56,57)58)61-46(52)39-37-35-33-31-29-26-16-14-12-10-8-6-4-2/h6,8,10,12,14,16,22-23,43-44,47-50,53-55H,3-5,7,9,11,13,15,17-21,24-42H2,1-2H3,(H,56,57,58)/b8-6+,12-10+,16-14+,23-22+/t43?,44-,47-,48?,49?,50+/m1/s1. The predicted molar refractivity (Wildman–Crippen MR) is 252 cm³/mol. The van der Waals surface area contributed by atoms with Crippen molar-refractivity contribution in [3.05, 3.63) is 48.6 Å². The Morgan fingerprint density at radius 2 is 1.02 bits per heavy atom. The lowest BCUT2D eigenvalue weighted by atomic mass is 10.00. The summed E-state index contributed by atoms with van der Waals surface area (Å²) in [5.74, 6) is -2.02. The van der Waals surface area contributed by atoms with Gasteiger partial charge in [-0.15, -0.1) is 0 Å². The lowest BCUT2D eigenvalue weighted by molar-refractivity contribution is -0.297. The van der Waals surface area contributed by atoms with Crippen molar-refractivity contribution < 1.29 is 56.8 Å². The molecular weight excluding hydrogens is 825 g/mol. The van der Waals surface area contributed by atoms with Crippen molar-refractivity contribution in [3.8, 4) is 0 Å². The number of rotatable bonds is 41. The maximum Gasteiger partial charge on any atom is 0.306 e. The molecule has 13 heteroatoms. The summed E-state index contributed by atoms with van der Waals surface area (Å²) < 4.78 is 54.1. The molecule has 1 heterocycles. The van der Waals surface area contributed by atoms with E-state index in [2.05, 4.69) is 38.2 Å². The summed E-state index contributed by atoms with van der Waals surface area (Å²) >= 11 is 0. The monoisotopic (exact) mass is 913 g/mol. The van der Waals surface area contributed by atoms with E-state index < -0.39 is 71.2 Å². The maximum atomic E-state index is 12.8. The van der Waals surface area contributed by atoms with Crippen LogP contribution in [-0.2, 0) is 38.7 Å². The van der Waals surface area contributed by atoms with Gasteiger partial charge in [-0.05, 0) is 57.8 Å². The molecule has 63 heavy (non-hydrogen) atoms.